The van der Waals surface area contributed by atoms with Crippen LogP contribution in [0.1, 0.15) is 65.3 Å². The van der Waals surface area contributed by atoms with E-state index in [1.54, 1.807) is 6.08 Å². The molecule has 1 unspecified atom stereocenters. The Morgan fingerprint density at radius 3 is 2.77 bits per heavy atom. The summed E-state index contributed by atoms with van der Waals surface area (Å²) in [5.41, 5.74) is 15.3. The molecule has 0 bridgehead atoms. The van der Waals surface area contributed by atoms with Crippen molar-refractivity contribution in [1.29, 1.82) is 0 Å². The molecular formula is C27H34N8O3S. The third kappa shape index (κ3) is 5.28. The Hall–Kier alpha value is -3.35. The smallest absolute Gasteiger partial charge is 0.264 e. The lowest BCUT2D eigenvalue weighted by molar-refractivity contribution is -0.115. The van der Waals surface area contributed by atoms with E-state index in [1.165, 1.54) is 17.7 Å². The van der Waals surface area contributed by atoms with E-state index < -0.39 is 11.9 Å². The summed E-state index contributed by atoms with van der Waals surface area (Å²) in [6.07, 6.45) is 11.6. The van der Waals surface area contributed by atoms with Crippen molar-refractivity contribution in [3.63, 3.8) is 0 Å². The van der Waals surface area contributed by atoms with Gasteiger partial charge >= 0.3 is 0 Å². The summed E-state index contributed by atoms with van der Waals surface area (Å²) in [6.45, 7) is 3.70. The van der Waals surface area contributed by atoms with Gasteiger partial charge in [-0.25, -0.2) is 14.5 Å². The first-order chi connectivity index (χ1) is 18.9. The minimum absolute atomic E-state index is 0.0343. The van der Waals surface area contributed by atoms with Gasteiger partial charge in [0.2, 0.25) is 5.88 Å². The molecule has 0 spiro atoms. The standard InChI is InChI=1S/C27H34N8O3S/c1-15-32-27(25(39-15)26(29)37)38-19-6-4-17(5-7-19)33-18-3-2-8-34(13-18)22-11-21(16-9-20(28)24(36)10-16)35-23(22)12-30-14-31-35/h10-12,14,17-20,33H,2-9,13,28H2,1H3,(H2,29,37)/t17?,18?,19?,20-/m1/s1. The average Bonchev–Trinajstić information content (AvgIpc) is 3.60. The topological polar surface area (TPSA) is 154 Å². The highest BCUT2D eigenvalue weighted by molar-refractivity contribution is 7.13. The number of piperidine rings is 1. The minimum atomic E-state index is -0.487. The second-order valence-corrected chi connectivity index (χ2v) is 12.0. The van der Waals surface area contributed by atoms with Crippen molar-refractivity contribution in [3.05, 3.63) is 40.2 Å². The number of ketones is 1. The second-order valence-electron chi connectivity index (χ2n) is 10.8. The zero-order valence-corrected chi connectivity index (χ0v) is 22.8. The fourth-order valence-corrected chi connectivity index (χ4v) is 6.79. The van der Waals surface area contributed by atoms with Crippen LogP contribution in [0, 0.1) is 6.92 Å². The van der Waals surface area contributed by atoms with E-state index in [0.29, 0.717) is 29.3 Å². The van der Waals surface area contributed by atoms with Gasteiger partial charge in [0, 0.05) is 25.2 Å². The number of aryl methyl sites for hydroxylation is 1. The molecule has 5 N–H and O–H groups in total. The maximum Gasteiger partial charge on any atom is 0.264 e. The highest BCUT2D eigenvalue weighted by atomic mass is 32.1. The summed E-state index contributed by atoms with van der Waals surface area (Å²) in [5.74, 6) is -0.139. The number of primary amides is 1. The van der Waals surface area contributed by atoms with E-state index in [4.69, 9.17) is 16.2 Å². The number of nitrogens with one attached hydrogen (secondary N) is 1. The predicted molar refractivity (Wildman–Crippen MR) is 149 cm³/mol. The van der Waals surface area contributed by atoms with Crippen molar-refractivity contribution < 1.29 is 14.3 Å². The molecule has 6 rings (SSSR count). The van der Waals surface area contributed by atoms with Crippen LogP contribution in [0.5, 0.6) is 5.88 Å². The molecule has 2 fully saturated rings. The summed E-state index contributed by atoms with van der Waals surface area (Å²) in [7, 11) is 0. The van der Waals surface area contributed by atoms with Crippen molar-refractivity contribution in [3.8, 4) is 5.88 Å². The number of ether oxygens (including phenoxy) is 1. The van der Waals surface area contributed by atoms with Gasteiger partial charge in [0.1, 0.15) is 17.9 Å². The number of amides is 1. The van der Waals surface area contributed by atoms with Gasteiger partial charge < -0.3 is 26.4 Å². The number of anilines is 1. The Balaban J connectivity index is 1.09. The molecule has 0 radical (unpaired) electrons. The Kier molecular flexibility index (Phi) is 7.08. The molecule has 206 valence electrons. The fraction of sp³-hybridized carbons (Fsp3) is 0.519. The Morgan fingerprint density at radius 2 is 2.03 bits per heavy atom. The van der Waals surface area contributed by atoms with Gasteiger partial charge in [0.25, 0.3) is 5.91 Å². The molecule has 2 aliphatic carbocycles. The highest BCUT2D eigenvalue weighted by Gasteiger charge is 2.31. The van der Waals surface area contributed by atoms with Crippen LogP contribution >= 0.6 is 11.3 Å². The predicted octanol–water partition coefficient (Wildman–Crippen LogP) is 2.23. The van der Waals surface area contributed by atoms with E-state index in [2.05, 4.69) is 31.3 Å². The van der Waals surface area contributed by atoms with Crippen LogP contribution < -0.4 is 26.4 Å². The van der Waals surface area contributed by atoms with Crippen molar-refractivity contribution >= 4 is 39.8 Å². The first-order valence-corrected chi connectivity index (χ1v) is 14.4. The van der Waals surface area contributed by atoms with Crippen LogP contribution in [0.25, 0.3) is 11.1 Å². The lowest BCUT2D eigenvalue weighted by atomic mass is 9.91. The molecule has 4 heterocycles. The molecule has 1 amide bonds. The SMILES string of the molecule is Cc1nc(OC2CCC(NC3CCCN(c4cc(C5=CC(=O)[C@H](N)C5)n5ncncc45)C3)CC2)c(C(N)=O)s1. The molecule has 0 aromatic carbocycles. The second kappa shape index (κ2) is 10.7. The highest BCUT2D eigenvalue weighted by Crippen LogP contribution is 2.34. The summed E-state index contributed by atoms with van der Waals surface area (Å²) in [6, 6.07) is 2.44. The molecule has 2 atom stereocenters. The van der Waals surface area contributed by atoms with Gasteiger partial charge in [0.05, 0.1) is 28.6 Å². The van der Waals surface area contributed by atoms with Crippen LogP contribution in [-0.2, 0) is 4.79 Å². The normalized spacial score (nSPS) is 25.7. The quantitative estimate of drug-likeness (QED) is 0.402. The number of carbonyl (C=O) groups excluding carboxylic acids is 2. The van der Waals surface area contributed by atoms with Crippen LogP contribution in [-0.4, -0.2) is 68.6 Å². The van der Waals surface area contributed by atoms with Crippen molar-refractivity contribution in [2.45, 2.75) is 76.1 Å². The number of nitrogens with zero attached hydrogens (tertiary/aromatic N) is 5. The van der Waals surface area contributed by atoms with Crippen LogP contribution in [0.3, 0.4) is 0 Å². The van der Waals surface area contributed by atoms with E-state index in [9.17, 15) is 9.59 Å². The molecule has 3 aromatic heterocycles. The first kappa shape index (κ1) is 25.9. The Bertz CT molecular complexity index is 1420. The van der Waals surface area contributed by atoms with Crippen LogP contribution in [0.4, 0.5) is 5.69 Å². The monoisotopic (exact) mass is 550 g/mol. The number of hydrogen-bond donors (Lipinski definition) is 3. The fourth-order valence-electron chi connectivity index (χ4n) is 6.08. The number of aromatic nitrogens is 4. The Morgan fingerprint density at radius 1 is 1.21 bits per heavy atom. The number of rotatable bonds is 7. The minimum Gasteiger partial charge on any atom is -0.473 e. The summed E-state index contributed by atoms with van der Waals surface area (Å²) < 4.78 is 7.98. The molecule has 12 heteroatoms. The zero-order chi connectivity index (χ0) is 27.1. The average molecular weight is 551 g/mol. The van der Waals surface area contributed by atoms with Gasteiger partial charge in [-0.1, -0.05) is 0 Å². The van der Waals surface area contributed by atoms with E-state index in [1.807, 2.05) is 17.6 Å². The number of thiazole rings is 1. The van der Waals surface area contributed by atoms with Crippen LogP contribution in [0.15, 0.2) is 24.7 Å². The largest absolute Gasteiger partial charge is 0.473 e. The molecule has 1 saturated carbocycles. The maximum atomic E-state index is 12.1. The van der Waals surface area contributed by atoms with Gasteiger partial charge in [-0.3, -0.25) is 9.59 Å². The molecule has 11 nitrogen and oxygen atoms in total. The summed E-state index contributed by atoms with van der Waals surface area (Å²) in [4.78, 5) is 35.3. The number of nitrogens with two attached hydrogens (primary N) is 2. The van der Waals surface area contributed by atoms with Gasteiger partial charge in [-0.15, -0.1) is 11.3 Å². The molecule has 39 heavy (non-hydrogen) atoms. The molecule has 1 aliphatic heterocycles. The Labute approximate surface area is 230 Å². The van der Waals surface area contributed by atoms with Crippen molar-refractivity contribution in [2.24, 2.45) is 11.5 Å². The first-order valence-electron chi connectivity index (χ1n) is 13.6. The molecule has 3 aromatic rings. The summed E-state index contributed by atoms with van der Waals surface area (Å²) >= 11 is 1.28. The van der Waals surface area contributed by atoms with Gasteiger partial charge in [0.15, 0.2) is 10.7 Å². The summed E-state index contributed by atoms with van der Waals surface area (Å²) in [5, 5.41) is 9.17. The lowest BCUT2D eigenvalue weighted by Crippen LogP contribution is -2.50. The number of carbonyl (C=O) groups is 2. The lowest BCUT2D eigenvalue weighted by Gasteiger charge is -2.38. The zero-order valence-electron chi connectivity index (χ0n) is 22.0. The van der Waals surface area contributed by atoms with Gasteiger partial charge in [-0.05, 0) is 69.6 Å². The van der Waals surface area contributed by atoms with E-state index >= 15 is 0 Å². The van der Waals surface area contributed by atoms with E-state index in [0.717, 1.165) is 79.1 Å². The van der Waals surface area contributed by atoms with E-state index in [-0.39, 0.29) is 11.9 Å². The molecular weight excluding hydrogens is 516 g/mol. The van der Waals surface area contributed by atoms with Gasteiger partial charge in [-0.2, -0.15) is 5.10 Å². The van der Waals surface area contributed by atoms with Crippen molar-refractivity contribution in [2.75, 3.05) is 18.0 Å². The molecule has 3 aliphatic rings. The van der Waals surface area contributed by atoms with Crippen LogP contribution in [0.2, 0.25) is 0 Å². The maximum absolute atomic E-state index is 12.1. The number of hydrogen-bond acceptors (Lipinski definition) is 10. The number of fused-ring (bicyclic) bond motifs is 1. The van der Waals surface area contributed by atoms with Crippen molar-refractivity contribution in [1.82, 2.24) is 24.9 Å². The third-order valence-corrected chi connectivity index (χ3v) is 8.95. The molecule has 1 saturated heterocycles. The third-order valence-electron chi connectivity index (χ3n) is 7.99.